The van der Waals surface area contributed by atoms with Gasteiger partial charge in [0.15, 0.2) is 0 Å². The lowest BCUT2D eigenvalue weighted by Gasteiger charge is -2.35. The summed E-state index contributed by atoms with van der Waals surface area (Å²) in [4.78, 5) is 5.19. The standard InChI is InChI=1S/C13H27N3/c1-11-7-8-15(2)13(9-14)10-16(11)12-5-3-4-6-12/h11-13H,3-10,14H2,1-2H3. The molecule has 2 rings (SSSR count). The molecule has 2 N–H and O–H groups in total. The predicted octanol–water partition coefficient (Wildman–Crippen LogP) is 1.28. The topological polar surface area (TPSA) is 32.5 Å². The van der Waals surface area contributed by atoms with Crippen LogP contribution in [0, 0.1) is 0 Å². The molecule has 1 aliphatic carbocycles. The van der Waals surface area contributed by atoms with Gasteiger partial charge in [0.25, 0.3) is 0 Å². The summed E-state index contributed by atoms with van der Waals surface area (Å²) in [5, 5.41) is 0. The van der Waals surface area contributed by atoms with E-state index in [1.54, 1.807) is 0 Å². The second-order valence-electron chi connectivity index (χ2n) is 5.64. The van der Waals surface area contributed by atoms with Gasteiger partial charge in [-0.2, -0.15) is 0 Å². The summed E-state index contributed by atoms with van der Waals surface area (Å²) in [6, 6.07) is 2.14. The first kappa shape index (κ1) is 12.3. The third-order valence-electron chi connectivity index (χ3n) is 4.58. The fourth-order valence-electron chi connectivity index (χ4n) is 3.30. The largest absolute Gasteiger partial charge is 0.329 e. The summed E-state index contributed by atoms with van der Waals surface area (Å²) >= 11 is 0. The molecule has 2 aliphatic rings. The summed E-state index contributed by atoms with van der Waals surface area (Å²) in [6.07, 6.45) is 6.97. The Morgan fingerprint density at radius 3 is 2.50 bits per heavy atom. The van der Waals surface area contributed by atoms with Crippen molar-refractivity contribution in [2.75, 3.05) is 26.7 Å². The van der Waals surface area contributed by atoms with Crippen LogP contribution in [-0.4, -0.2) is 54.6 Å². The van der Waals surface area contributed by atoms with E-state index in [0.717, 1.165) is 18.6 Å². The molecular weight excluding hydrogens is 198 g/mol. The van der Waals surface area contributed by atoms with Crippen molar-refractivity contribution in [3.05, 3.63) is 0 Å². The second kappa shape index (κ2) is 5.48. The molecule has 3 heteroatoms. The summed E-state index contributed by atoms with van der Waals surface area (Å²) in [7, 11) is 2.22. The first-order valence-corrected chi connectivity index (χ1v) is 6.88. The maximum absolute atomic E-state index is 5.90. The van der Waals surface area contributed by atoms with E-state index in [-0.39, 0.29) is 0 Å². The van der Waals surface area contributed by atoms with Crippen LogP contribution in [0.2, 0.25) is 0 Å². The van der Waals surface area contributed by atoms with Crippen LogP contribution in [0.1, 0.15) is 39.0 Å². The van der Waals surface area contributed by atoms with Crippen LogP contribution < -0.4 is 5.73 Å². The molecule has 0 spiro atoms. The Bertz CT molecular complexity index is 213. The number of hydrogen-bond acceptors (Lipinski definition) is 3. The quantitative estimate of drug-likeness (QED) is 0.768. The second-order valence-corrected chi connectivity index (χ2v) is 5.64. The first-order valence-electron chi connectivity index (χ1n) is 6.88. The molecule has 16 heavy (non-hydrogen) atoms. The average molecular weight is 225 g/mol. The number of nitrogens with two attached hydrogens (primary N) is 1. The fraction of sp³-hybridized carbons (Fsp3) is 1.00. The lowest BCUT2D eigenvalue weighted by Crippen LogP contribution is -2.48. The number of rotatable bonds is 2. The van der Waals surface area contributed by atoms with Crippen molar-refractivity contribution in [2.24, 2.45) is 5.73 Å². The van der Waals surface area contributed by atoms with E-state index in [4.69, 9.17) is 5.73 Å². The molecule has 0 radical (unpaired) electrons. The van der Waals surface area contributed by atoms with Crippen LogP contribution >= 0.6 is 0 Å². The molecule has 1 saturated heterocycles. The van der Waals surface area contributed by atoms with Crippen LogP contribution in [0.4, 0.5) is 0 Å². The van der Waals surface area contributed by atoms with Gasteiger partial charge in [0, 0.05) is 31.2 Å². The predicted molar refractivity (Wildman–Crippen MR) is 68.5 cm³/mol. The van der Waals surface area contributed by atoms with E-state index in [0.29, 0.717) is 6.04 Å². The molecule has 0 bridgehead atoms. The van der Waals surface area contributed by atoms with Crippen molar-refractivity contribution in [2.45, 2.75) is 57.2 Å². The molecule has 0 aromatic rings. The summed E-state index contributed by atoms with van der Waals surface area (Å²) in [6.45, 7) is 5.57. The van der Waals surface area contributed by atoms with Gasteiger partial charge in [-0.1, -0.05) is 12.8 Å². The molecule has 1 saturated carbocycles. The lowest BCUT2D eigenvalue weighted by atomic mass is 10.1. The zero-order valence-corrected chi connectivity index (χ0v) is 10.9. The Hall–Kier alpha value is -0.120. The van der Waals surface area contributed by atoms with Gasteiger partial charge in [0.05, 0.1) is 0 Å². The van der Waals surface area contributed by atoms with E-state index in [1.807, 2.05) is 0 Å². The zero-order valence-electron chi connectivity index (χ0n) is 10.9. The SMILES string of the molecule is CC1CCN(C)C(CN)CN1C1CCCC1. The Morgan fingerprint density at radius 2 is 1.88 bits per heavy atom. The molecule has 0 amide bonds. The van der Waals surface area contributed by atoms with E-state index < -0.39 is 0 Å². The number of nitrogens with zero attached hydrogens (tertiary/aromatic N) is 2. The summed E-state index contributed by atoms with van der Waals surface area (Å²) in [5.41, 5.74) is 5.90. The van der Waals surface area contributed by atoms with Crippen molar-refractivity contribution in [1.29, 1.82) is 0 Å². The minimum absolute atomic E-state index is 0.561. The van der Waals surface area contributed by atoms with Crippen molar-refractivity contribution in [3.8, 4) is 0 Å². The highest BCUT2D eigenvalue weighted by atomic mass is 15.3. The van der Waals surface area contributed by atoms with Crippen molar-refractivity contribution >= 4 is 0 Å². The molecule has 1 aliphatic heterocycles. The van der Waals surface area contributed by atoms with Crippen LogP contribution in [0.15, 0.2) is 0 Å². The van der Waals surface area contributed by atoms with Gasteiger partial charge >= 0.3 is 0 Å². The Morgan fingerprint density at radius 1 is 1.19 bits per heavy atom. The highest BCUT2D eigenvalue weighted by Gasteiger charge is 2.31. The Balaban J connectivity index is 2.03. The average Bonchev–Trinajstić information content (AvgIpc) is 2.76. The van der Waals surface area contributed by atoms with Gasteiger partial charge in [0.2, 0.25) is 0 Å². The highest BCUT2D eigenvalue weighted by molar-refractivity contribution is 4.88. The van der Waals surface area contributed by atoms with Gasteiger partial charge < -0.3 is 10.6 Å². The molecule has 2 unspecified atom stereocenters. The van der Waals surface area contributed by atoms with E-state index in [9.17, 15) is 0 Å². The molecule has 2 fully saturated rings. The molecule has 3 nitrogen and oxygen atoms in total. The van der Waals surface area contributed by atoms with Crippen LogP contribution in [0.3, 0.4) is 0 Å². The molecular formula is C13H27N3. The van der Waals surface area contributed by atoms with Gasteiger partial charge in [0.1, 0.15) is 0 Å². The van der Waals surface area contributed by atoms with Gasteiger partial charge in [-0.25, -0.2) is 0 Å². The molecule has 1 heterocycles. The Labute approximate surface area is 100.0 Å². The molecule has 94 valence electrons. The summed E-state index contributed by atoms with van der Waals surface area (Å²) < 4.78 is 0. The third kappa shape index (κ3) is 2.58. The molecule has 0 aromatic carbocycles. The minimum atomic E-state index is 0.561. The lowest BCUT2D eigenvalue weighted by molar-refractivity contribution is 0.131. The number of likely N-dealkylation sites (N-methyl/N-ethyl adjacent to an activating group) is 1. The third-order valence-corrected chi connectivity index (χ3v) is 4.58. The van der Waals surface area contributed by atoms with E-state index in [2.05, 4.69) is 23.8 Å². The minimum Gasteiger partial charge on any atom is -0.329 e. The first-order chi connectivity index (χ1) is 7.72. The highest BCUT2D eigenvalue weighted by Crippen LogP contribution is 2.27. The fourth-order valence-corrected chi connectivity index (χ4v) is 3.30. The van der Waals surface area contributed by atoms with Crippen molar-refractivity contribution in [1.82, 2.24) is 9.80 Å². The van der Waals surface area contributed by atoms with E-state index in [1.165, 1.54) is 45.2 Å². The normalized spacial score (nSPS) is 35.4. The smallest absolute Gasteiger partial charge is 0.0342 e. The van der Waals surface area contributed by atoms with Crippen LogP contribution in [0.25, 0.3) is 0 Å². The van der Waals surface area contributed by atoms with Gasteiger partial charge in [-0.3, -0.25) is 4.90 Å². The maximum Gasteiger partial charge on any atom is 0.0342 e. The van der Waals surface area contributed by atoms with Crippen LogP contribution in [-0.2, 0) is 0 Å². The van der Waals surface area contributed by atoms with Crippen molar-refractivity contribution in [3.63, 3.8) is 0 Å². The number of hydrogen-bond donors (Lipinski definition) is 1. The van der Waals surface area contributed by atoms with Gasteiger partial charge in [-0.05, 0) is 39.8 Å². The Kier molecular flexibility index (Phi) is 4.22. The molecule has 0 aromatic heterocycles. The maximum atomic E-state index is 5.90. The van der Waals surface area contributed by atoms with Crippen molar-refractivity contribution < 1.29 is 0 Å². The van der Waals surface area contributed by atoms with Crippen LogP contribution in [0.5, 0.6) is 0 Å². The zero-order chi connectivity index (χ0) is 11.5. The monoisotopic (exact) mass is 225 g/mol. The van der Waals surface area contributed by atoms with E-state index >= 15 is 0 Å². The molecule has 2 atom stereocenters. The van der Waals surface area contributed by atoms with Gasteiger partial charge in [-0.15, -0.1) is 0 Å². The summed E-state index contributed by atoms with van der Waals surface area (Å²) in [5.74, 6) is 0.